The highest BCUT2D eigenvalue weighted by atomic mass is 19.4. The Morgan fingerprint density at radius 3 is 2.50 bits per heavy atom. The van der Waals surface area contributed by atoms with Crippen LogP contribution in [0.5, 0.6) is 5.75 Å². The molecule has 0 saturated carbocycles. The molecule has 0 aliphatic carbocycles. The van der Waals surface area contributed by atoms with E-state index >= 15 is 0 Å². The first kappa shape index (κ1) is 12.7. The van der Waals surface area contributed by atoms with E-state index in [1.165, 1.54) is 24.3 Å². The minimum atomic E-state index is -4.69. The molecule has 1 aromatic rings. The molecule has 1 heterocycles. The van der Waals surface area contributed by atoms with Crippen LogP contribution in [0.25, 0.3) is 0 Å². The molecule has 0 aromatic heterocycles. The second-order valence-electron chi connectivity index (χ2n) is 3.93. The van der Waals surface area contributed by atoms with Crippen molar-refractivity contribution in [3.63, 3.8) is 0 Å². The number of benzene rings is 1. The van der Waals surface area contributed by atoms with Crippen molar-refractivity contribution in [1.82, 2.24) is 0 Å². The second kappa shape index (κ2) is 4.86. The summed E-state index contributed by atoms with van der Waals surface area (Å²) >= 11 is 0. The van der Waals surface area contributed by atoms with E-state index in [0.717, 1.165) is 0 Å². The van der Waals surface area contributed by atoms with E-state index in [-0.39, 0.29) is 17.8 Å². The normalized spacial score (nSPS) is 23.7. The summed E-state index contributed by atoms with van der Waals surface area (Å²) in [5.41, 5.74) is 0.688. The summed E-state index contributed by atoms with van der Waals surface area (Å²) in [7, 11) is 0. The molecule has 6 heteroatoms. The molecule has 1 aromatic carbocycles. The molecule has 1 aliphatic rings. The molecule has 1 aliphatic heterocycles. The molecular weight excluding hydrogens is 247 g/mol. The number of nitrogens with zero attached hydrogens (tertiary/aromatic N) is 1. The number of halogens is 3. The van der Waals surface area contributed by atoms with E-state index in [0.29, 0.717) is 18.6 Å². The minimum absolute atomic E-state index is 0.251. The van der Waals surface area contributed by atoms with Crippen molar-refractivity contribution in [2.24, 2.45) is 5.92 Å². The van der Waals surface area contributed by atoms with Crippen molar-refractivity contribution in [2.45, 2.75) is 18.9 Å². The third-order valence-electron chi connectivity index (χ3n) is 2.70. The van der Waals surface area contributed by atoms with Gasteiger partial charge in [0.05, 0.1) is 18.1 Å². The van der Waals surface area contributed by atoms with Crippen LogP contribution < -0.4 is 4.74 Å². The summed E-state index contributed by atoms with van der Waals surface area (Å²) in [6.45, 7) is 0.490. The molecule has 96 valence electrons. The van der Waals surface area contributed by atoms with Crippen LogP contribution in [0.3, 0.4) is 0 Å². The standard InChI is InChI=1S/C12H10F3NO2/c13-12(14,15)18-10-3-1-8(2-4-10)11-9(7-16)5-6-17-11/h1-4,9,11H,5-6H2. The van der Waals surface area contributed by atoms with Gasteiger partial charge in [0.15, 0.2) is 0 Å². The van der Waals surface area contributed by atoms with Crippen molar-refractivity contribution < 1.29 is 22.6 Å². The molecule has 0 bridgehead atoms. The Morgan fingerprint density at radius 1 is 1.28 bits per heavy atom. The van der Waals surface area contributed by atoms with Crippen LogP contribution in [0.4, 0.5) is 13.2 Å². The van der Waals surface area contributed by atoms with Gasteiger partial charge in [0.25, 0.3) is 0 Å². The van der Waals surface area contributed by atoms with Crippen molar-refractivity contribution in [2.75, 3.05) is 6.61 Å². The molecule has 1 fully saturated rings. The smallest absolute Gasteiger partial charge is 0.406 e. The van der Waals surface area contributed by atoms with Crippen LogP contribution >= 0.6 is 0 Å². The van der Waals surface area contributed by atoms with Crippen LogP contribution in [-0.2, 0) is 4.74 Å². The van der Waals surface area contributed by atoms with Crippen LogP contribution in [-0.4, -0.2) is 13.0 Å². The lowest BCUT2D eigenvalue weighted by Crippen LogP contribution is -2.17. The van der Waals surface area contributed by atoms with Gasteiger partial charge in [-0.15, -0.1) is 13.2 Å². The van der Waals surface area contributed by atoms with Gasteiger partial charge in [0.1, 0.15) is 5.75 Å². The fourth-order valence-corrected chi connectivity index (χ4v) is 1.91. The average Bonchev–Trinajstić information content (AvgIpc) is 2.76. The van der Waals surface area contributed by atoms with Crippen molar-refractivity contribution >= 4 is 0 Å². The first-order valence-electron chi connectivity index (χ1n) is 5.36. The predicted octanol–water partition coefficient (Wildman–Crippen LogP) is 3.19. The van der Waals surface area contributed by atoms with Gasteiger partial charge >= 0.3 is 6.36 Å². The van der Waals surface area contributed by atoms with E-state index in [9.17, 15) is 13.2 Å². The summed E-state index contributed by atoms with van der Waals surface area (Å²) in [4.78, 5) is 0. The Hall–Kier alpha value is -1.74. The highest BCUT2D eigenvalue weighted by Crippen LogP contribution is 2.35. The highest BCUT2D eigenvalue weighted by Gasteiger charge is 2.32. The molecule has 2 unspecified atom stereocenters. The van der Waals surface area contributed by atoms with Crippen LogP contribution in [0, 0.1) is 17.2 Å². The summed E-state index contributed by atoms with van der Waals surface area (Å²) in [6.07, 6.45) is -4.42. The third kappa shape index (κ3) is 2.93. The van der Waals surface area contributed by atoms with Crippen LogP contribution in [0.1, 0.15) is 18.1 Å². The lowest BCUT2D eigenvalue weighted by Gasteiger charge is -2.14. The van der Waals surface area contributed by atoms with E-state index in [4.69, 9.17) is 10.00 Å². The Kier molecular flexibility index (Phi) is 3.43. The lowest BCUT2D eigenvalue weighted by molar-refractivity contribution is -0.274. The molecule has 18 heavy (non-hydrogen) atoms. The molecule has 3 nitrogen and oxygen atoms in total. The Balaban J connectivity index is 2.11. The van der Waals surface area contributed by atoms with Gasteiger partial charge in [-0.1, -0.05) is 12.1 Å². The Bertz CT molecular complexity index is 450. The first-order chi connectivity index (χ1) is 8.49. The van der Waals surface area contributed by atoms with Gasteiger partial charge in [0.2, 0.25) is 0 Å². The molecule has 0 radical (unpaired) electrons. The van der Waals surface area contributed by atoms with Gasteiger partial charge < -0.3 is 9.47 Å². The average molecular weight is 257 g/mol. The maximum atomic E-state index is 12.0. The van der Waals surface area contributed by atoms with Gasteiger partial charge in [-0.3, -0.25) is 0 Å². The number of alkyl halides is 3. The molecule has 2 rings (SSSR count). The van der Waals surface area contributed by atoms with Crippen LogP contribution in [0.15, 0.2) is 24.3 Å². The lowest BCUT2D eigenvalue weighted by atomic mass is 9.97. The summed E-state index contributed by atoms with van der Waals surface area (Å²) in [6, 6.07) is 7.55. The topological polar surface area (TPSA) is 42.2 Å². The highest BCUT2D eigenvalue weighted by molar-refractivity contribution is 5.30. The monoisotopic (exact) mass is 257 g/mol. The summed E-state index contributed by atoms with van der Waals surface area (Å²) in [5.74, 6) is -0.530. The number of hydrogen-bond donors (Lipinski definition) is 0. The van der Waals surface area contributed by atoms with Gasteiger partial charge in [-0.25, -0.2) is 0 Å². The van der Waals surface area contributed by atoms with Crippen molar-refractivity contribution in [3.05, 3.63) is 29.8 Å². The minimum Gasteiger partial charge on any atom is -0.406 e. The van der Waals surface area contributed by atoms with Crippen molar-refractivity contribution in [3.8, 4) is 11.8 Å². The maximum Gasteiger partial charge on any atom is 0.573 e. The second-order valence-corrected chi connectivity index (χ2v) is 3.93. The number of hydrogen-bond acceptors (Lipinski definition) is 3. The van der Waals surface area contributed by atoms with E-state index in [1.807, 2.05) is 0 Å². The van der Waals surface area contributed by atoms with Crippen LogP contribution in [0.2, 0.25) is 0 Å². The van der Waals surface area contributed by atoms with E-state index in [2.05, 4.69) is 10.8 Å². The largest absolute Gasteiger partial charge is 0.573 e. The number of ether oxygens (including phenoxy) is 2. The van der Waals surface area contributed by atoms with E-state index in [1.54, 1.807) is 0 Å². The number of nitriles is 1. The molecular formula is C12H10F3NO2. The maximum absolute atomic E-state index is 12.0. The fourth-order valence-electron chi connectivity index (χ4n) is 1.91. The van der Waals surface area contributed by atoms with Gasteiger partial charge in [-0.05, 0) is 24.1 Å². The Morgan fingerprint density at radius 2 is 1.94 bits per heavy atom. The molecule has 2 atom stereocenters. The zero-order chi connectivity index (χ0) is 13.2. The fraction of sp³-hybridized carbons (Fsp3) is 0.417. The Labute approximate surface area is 102 Å². The summed E-state index contributed by atoms with van der Waals surface area (Å²) in [5, 5.41) is 8.90. The predicted molar refractivity (Wildman–Crippen MR) is 55.5 cm³/mol. The first-order valence-corrected chi connectivity index (χ1v) is 5.36. The third-order valence-corrected chi connectivity index (χ3v) is 2.70. The van der Waals surface area contributed by atoms with Gasteiger partial charge in [-0.2, -0.15) is 5.26 Å². The van der Waals surface area contributed by atoms with Crippen molar-refractivity contribution in [1.29, 1.82) is 5.26 Å². The SMILES string of the molecule is N#CC1CCOC1c1ccc(OC(F)(F)F)cc1. The zero-order valence-corrected chi connectivity index (χ0v) is 9.28. The van der Waals surface area contributed by atoms with E-state index < -0.39 is 6.36 Å². The molecule has 1 saturated heterocycles. The molecule has 0 N–H and O–H groups in total. The zero-order valence-electron chi connectivity index (χ0n) is 9.28. The quantitative estimate of drug-likeness (QED) is 0.817. The molecule has 0 spiro atoms. The summed E-state index contributed by atoms with van der Waals surface area (Å²) < 4.78 is 45.1. The van der Waals surface area contributed by atoms with Gasteiger partial charge in [0, 0.05) is 6.61 Å². The molecule has 0 amide bonds. The number of rotatable bonds is 2.